The maximum absolute atomic E-state index is 15.7. The van der Waals surface area contributed by atoms with Crippen molar-refractivity contribution in [2.45, 2.75) is 114 Å². The summed E-state index contributed by atoms with van der Waals surface area (Å²) in [5, 5.41) is 41.0. The van der Waals surface area contributed by atoms with Gasteiger partial charge in [0.05, 0.1) is 35.6 Å². The molecular weight excluding hydrogens is 867 g/mol. The second-order valence-electron chi connectivity index (χ2n) is 18.7. The molecular formula is C51H55NO15. The fraction of sp³-hybridized carbons (Fsp3) is 0.451. The number of hydrogen-bond acceptors (Lipinski definition) is 15. The largest absolute Gasteiger partial charge is 0.489 e. The monoisotopic (exact) mass is 921 g/mol. The van der Waals surface area contributed by atoms with E-state index in [-0.39, 0.29) is 66.1 Å². The van der Waals surface area contributed by atoms with Crippen LogP contribution in [0.15, 0.2) is 108 Å². The number of amides is 1. The molecule has 1 amide bonds. The Kier molecular flexibility index (Phi) is 12.8. The number of carbonyl (C=O) groups is 6. The molecule has 4 N–H and O–H groups in total. The Hall–Kier alpha value is -6.20. The first kappa shape index (κ1) is 47.3. The second-order valence-corrected chi connectivity index (χ2v) is 18.7. The lowest BCUT2D eigenvalue weighted by Crippen LogP contribution is -2.82. The average Bonchev–Trinajstić information content (AvgIpc) is 3.30. The number of ether oxygens (including phenoxy) is 6. The second kappa shape index (κ2) is 18.1. The van der Waals surface area contributed by atoms with Crippen LogP contribution in [0.2, 0.25) is 0 Å². The Morgan fingerprint density at radius 2 is 1.51 bits per heavy atom. The summed E-state index contributed by atoms with van der Waals surface area (Å²) in [5.74, 6) is -6.70. The topological polar surface area (TPSA) is 231 Å². The van der Waals surface area contributed by atoms with Gasteiger partial charge in [-0.05, 0) is 61.7 Å². The van der Waals surface area contributed by atoms with Crippen molar-refractivity contribution in [3.8, 4) is 5.75 Å². The predicted octanol–water partition coefficient (Wildman–Crippen LogP) is 4.44. The molecule has 354 valence electrons. The van der Waals surface area contributed by atoms with Gasteiger partial charge in [0, 0.05) is 42.7 Å². The lowest BCUT2D eigenvalue weighted by atomic mass is 9.44. The van der Waals surface area contributed by atoms with Crippen LogP contribution < -0.4 is 10.1 Å². The van der Waals surface area contributed by atoms with Crippen molar-refractivity contribution in [1.29, 1.82) is 0 Å². The van der Waals surface area contributed by atoms with E-state index in [1.54, 1.807) is 98.8 Å². The summed E-state index contributed by atoms with van der Waals surface area (Å²) in [6, 6.07) is 21.0. The molecule has 1 spiro atoms. The van der Waals surface area contributed by atoms with E-state index in [9.17, 15) is 39.3 Å². The highest BCUT2D eigenvalue weighted by molar-refractivity contribution is 5.96. The number of aliphatic hydroxyl groups excluding tert-OH is 2. The molecule has 3 fully saturated rings. The zero-order valence-corrected chi connectivity index (χ0v) is 37.8. The molecule has 16 heteroatoms. The molecule has 0 radical (unpaired) electrons. The van der Waals surface area contributed by atoms with Crippen LogP contribution in [0.5, 0.6) is 5.75 Å². The van der Waals surface area contributed by atoms with E-state index in [1.807, 2.05) is 0 Å². The number of fused-ring (bicyclic) bond motifs is 3. The number of ketones is 1. The van der Waals surface area contributed by atoms with E-state index in [0.29, 0.717) is 0 Å². The number of para-hydroxylation sites is 1. The van der Waals surface area contributed by atoms with Crippen molar-refractivity contribution in [3.05, 3.63) is 125 Å². The van der Waals surface area contributed by atoms with Crippen LogP contribution >= 0.6 is 0 Å². The zero-order valence-electron chi connectivity index (χ0n) is 37.8. The van der Waals surface area contributed by atoms with Crippen molar-refractivity contribution in [2.24, 2.45) is 16.7 Å². The van der Waals surface area contributed by atoms with E-state index >= 15 is 4.79 Å². The molecule has 5 aliphatic rings. The minimum atomic E-state index is -2.42. The highest BCUT2D eigenvalue weighted by Gasteiger charge is 2.78. The van der Waals surface area contributed by atoms with Gasteiger partial charge >= 0.3 is 23.9 Å². The smallest absolute Gasteiger partial charge is 0.338 e. The third kappa shape index (κ3) is 8.13. The number of Topliss-reactive ketones (excluding diaryl/α,β-unsaturated/α-hetero) is 1. The average molecular weight is 922 g/mol. The first-order valence-corrected chi connectivity index (χ1v) is 22.4. The first-order valence-electron chi connectivity index (χ1n) is 22.4. The first-order chi connectivity index (χ1) is 31.8. The summed E-state index contributed by atoms with van der Waals surface area (Å²) in [5.41, 5.74) is -7.38. The molecule has 2 saturated carbocycles. The van der Waals surface area contributed by atoms with Gasteiger partial charge in [0.1, 0.15) is 36.3 Å². The molecule has 0 aromatic heterocycles. The number of allylic oxidation sites excluding steroid dienone is 1. The third-order valence-electron chi connectivity index (χ3n) is 14.6. The lowest BCUT2D eigenvalue weighted by Gasteiger charge is -2.67. The number of nitrogens with one attached hydrogen (secondary N) is 1. The van der Waals surface area contributed by atoms with Crippen LogP contribution in [0, 0.1) is 16.7 Å². The summed E-state index contributed by atoms with van der Waals surface area (Å²) in [7, 11) is 0. The molecule has 16 nitrogen and oxygen atoms in total. The van der Waals surface area contributed by atoms with Crippen LogP contribution in [-0.2, 0) is 42.9 Å². The van der Waals surface area contributed by atoms with E-state index in [4.69, 9.17) is 28.4 Å². The van der Waals surface area contributed by atoms with Gasteiger partial charge < -0.3 is 49.1 Å². The summed E-state index contributed by atoms with van der Waals surface area (Å²) >= 11 is 0. The molecule has 67 heavy (non-hydrogen) atoms. The van der Waals surface area contributed by atoms with Gasteiger partial charge in [-0.15, -0.1) is 0 Å². The van der Waals surface area contributed by atoms with Gasteiger partial charge in [0.25, 0.3) is 5.91 Å². The van der Waals surface area contributed by atoms with E-state index in [2.05, 4.69) is 5.32 Å². The highest BCUT2D eigenvalue weighted by atomic mass is 16.6. The molecule has 11 atom stereocenters. The summed E-state index contributed by atoms with van der Waals surface area (Å²) < 4.78 is 37.1. The van der Waals surface area contributed by atoms with Gasteiger partial charge in [-0.2, -0.15) is 0 Å². The molecule has 1 saturated heterocycles. The zero-order chi connectivity index (χ0) is 48.1. The molecule has 2 aliphatic heterocycles. The fourth-order valence-corrected chi connectivity index (χ4v) is 10.9. The Labute approximate surface area is 387 Å². The minimum absolute atomic E-state index is 0.0130. The van der Waals surface area contributed by atoms with Gasteiger partial charge in [-0.1, -0.05) is 80.6 Å². The van der Waals surface area contributed by atoms with Gasteiger partial charge in [-0.25, -0.2) is 9.59 Å². The molecule has 4 bridgehead atoms. The number of benzene rings is 3. The number of carbonyl (C=O) groups excluding carboxylic acids is 6. The van der Waals surface area contributed by atoms with Gasteiger partial charge in [-0.3, -0.25) is 19.2 Å². The number of hydrogen-bond donors (Lipinski definition) is 4. The Bertz CT molecular complexity index is 2500. The van der Waals surface area contributed by atoms with Crippen LogP contribution in [-0.4, -0.2) is 112 Å². The Morgan fingerprint density at radius 1 is 0.851 bits per heavy atom. The fourth-order valence-electron chi connectivity index (χ4n) is 10.9. The quantitative estimate of drug-likeness (QED) is 0.158. The van der Waals surface area contributed by atoms with Gasteiger partial charge in [0.15, 0.2) is 23.6 Å². The Morgan fingerprint density at radius 3 is 2.16 bits per heavy atom. The van der Waals surface area contributed by atoms with Gasteiger partial charge in [0.2, 0.25) is 0 Å². The predicted molar refractivity (Wildman–Crippen MR) is 236 cm³/mol. The maximum atomic E-state index is 15.7. The van der Waals surface area contributed by atoms with Crippen LogP contribution in [0.4, 0.5) is 0 Å². The lowest BCUT2D eigenvalue weighted by molar-refractivity contribution is -0.346. The molecule has 3 aliphatic carbocycles. The van der Waals surface area contributed by atoms with Crippen molar-refractivity contribution >= 4 is 35.6 Å². The van der Waals surface area contributed by atoms with Crippen LogP contribution in [0.1, 0.15) is 92.6 Å². The maximum Gasteiger partial charge on any atom is 0.338 e. The molecule has 8 rings (SSSR count). The summed E-state index contributed by atoms with van der Waals surface area (Å²) in [4.78, 5) is 85.8. The van der Waals surface area contributed by atoms with Crippen molar-refractivity contribution in [3.63, 3.8) is 0 Å². The van der Waals surface area contributed by atoms with E-state index in [0.717, 1.165) is 6.92 Å². The van der Waals surface area contributed by atoms with Crippen LogP contribution in [0.3, 0.4) is 0 Å². The SMILES string of the molecule is CC(=O)O[C@H]1C(=O)[C@@]2(C)[C@@H]3[C@H](OC(=O)c4ccccc4)[C@]4(O)C[C@H](OC(=O)[C@H](O)[C@@H](NC(=O)c5ccccc5)c5ccccc5OC/C=C/CCC(=O)O[C@]35CO[C@@H]5C[C@@H]2O)C(C)=C1C4(C)C. The van der Waals surface area contributed by atoms with Crippen molar-refractivity contribution in [2.75, 3.05) is 13.2 Å². The van der Waals surface area contributed by atoms with Crippen molar-refractivity contribution in [1.82, 2.24) is 5.32 Å². The molecule has 0 unspecified atom stereocenters. The van der Waals surface area contributed by atoms with Crippen LogP contribution in [0.25, 0.3) is 0 Å². The molecule has 2 heterocycles. The van der Waals surface area contributed by atoms with E-state index < -0.39 is 113 Å². The number of rotatable bonds is 5. The summed E-state index contributed by atoms with van der Waals surface area (Å²) in [6.07, 6.45) is -7.47. The molecule has 3 aromatic rings. The third-order valence-corrected chi connectivity index (χ3v) is 14.6. The number of aliphatic hydroxyl groups is 3. The normalized spacial score (nSPS) is 34.2. The van der Waals surface area contributed by atoms with E-state index in [1.165, 1.54) is 26.0 Å². The molecule has 3 aromatic carbocycles. The standard InChI is InChI=1S/C51H55NO15/c1-28-34-26-51(61)44(66-46(59)31-19-11-7-12-20-31)42-49(5,43(57)41(64-29(2)53)38(28)48(51,3)4)35(54)25-36-50(42,27-63-36)67-37(55)23-13-8-16-24-62-33-22-15-14-21-32(33)39(40(56)47(60)65-34)52-45(58)30-17-9-6-10-18-30/h6-12,14-22,34-36,39-42,44,54,56,61H,13,23-27H2,1-5H3,(H,52,58)/b16-8+/t34-,35-,36+,39-,40+,41+,42-,44-,49+,50-,51+/m0/s1. The summed E-state index contributed by atoms with van der Waals surface area (Å²) in [6.45, 7) is 6.82. The minimum Gasteiger partial charge on any atom is -0.489 e. The van der Waals surface area contributed by atoms with Crippen molar-refractivity contribution < 1.29 is 72.5 Å². The number of esters is 4. The Balaban J connectivity index is 1.34. The highest BCUT2D eigenvalue weighted by Crippen LogP contribution is 2.64.